The van der Waals surface area contributed by atoms with Gasteiger partial charge >= 0.3 is 0 Å². The van der Waals surface area contributed by atoms with Crippen LogP contribution in [0.15, 0.2) is 12.4 Å². The summed E-state index contributed by atoms with van der Waals surface area (Å²) in [4.78, 5) is 19.3. The Morgan fingerprint density at radius 1 is 1.32 bits per heavy atom. The summed E-state index contributed by atoms with van der Waals surface area (Å²) in [5.74, 6) is 1.06. The minimum atomic E-state index is -0.0199. The number of nitrogens with one attached hydrogen (secondary N) is 1. The number of aryl methyl sites for hydroxylation is 3. The summed E-state index contributed by atoms with van der Waals surface area (Å²) >= 11 is 0. The van der Waals surface area contributed by atoms with Crippen LogP contribution in [-0.4, -0.2) is 49.8 Å². The molecule has 2 aromatic heterocycles. The number of rotatable bonds is 3. The minimum Gasteiger partial charge on any atom is -0.336 e. The molecular formula is C16H26Cl2N6O. The van der Waals surface area contributed by atoms with E-state index in [9.17, 15) is 4.79 Å². The van der Waals surface area contributed by atoms with Crippen molar-refractivity contribution in [2.75, 3.05) is 19.6 Å². The monoisotopic (exact) mass is 388 g/mol. The van der Waals surface area contributed by atoms with E-state index in [1.165, 1.54) is 0 Å². The van der Waals surface area contributed by atoms with Gasteiger partial charge < -0.3 is 14.8 Å². The fourth-order valence-electron chi connectivity index (χ4n) is 3.26. The van der Waals surface area contributed by atoms with Crippen molar-refractivity contribution in [3.63, 3.8) is 0 Å². The first-order valence-corrected chi connectivity index (χ1v) is 7.95. The number of halogens is 2. The predicted molar refractivity (Wildman–Crippen MR) is 101 cm³/mol. The van der Waals surface area contributed by atoms with E-state index >= 15 is 0 Å². The van der Waals surface area contributed by atoms with Crippen molar-refractivity contribution in [3.05, 3.63) is 35.2 Å². The quantitative estimate of drug-likeness (QED) is 0.860. The molecule has 0 saturated carbocycles. The van der Waals surface area contributed by atoms with Crippen molar-refractivity contribution >= 4 is 30.7 Å². The Hall–Kier alpha value is -1.57. The van der Waals surface area contributed by atoms with E-state index in [0.717, 1.165) is 35.9 Å². The maximum atomic E-state index is 12.9. The number of carbonyl (C=O) groups is 1. The Morgan fingerprint density at radius 3 is 2.60 bits per heavy atom. The van der Waals surface area contributed by atoms with Crippen LogP contribution in [0.25, 0.3) is 0 Å². The number of aromatic nitrogens is 4. The van der Waals surface area contributed by atoms with Crippen molar-refractivity contribution in [2.24, 2.45) is 14.1 Å². The average Bonchev–Trinajstić information content (AvgIpc) is 3.06. The average molecular weight is 389 g/mol. The van der Waals surface area contributed by atoms with Gasteiger partial charge in [-0.05, 0) is 13.8 Å². The van der Waals surface area contributed by atoms with E-state index in [1.54, 1.807) is 6.20 Å². The van der Waals surface area contributed by atoms with Gasteiger partial charge in [-0.3, -0.25) is 9.48 Å². The Kier molecular flexibility index (Phi) is 7.46. The van der Waals surface area contributed by atoms with Gasteiger partial charge in [-0.15, -0.1) is 24.8 Å². The highest BCUT2D eigenvalue weighted by Gasteiger charge is 2.31. The van der Waals surface area contributed by atoms with Gasteiger partial charge in [0.1, 0.15) is 11.9 Å². The fraction of sp³-hybridized carbons (Fsp3) is 0.562. The summed E-state index contributed by atoms with van der Waals surface area (Å²) in [7, 11) is 3.88. The zero-order valence-corrected chi connectivity index (χ0v) is 16.7. The first-order chi connectivity index (χ1) is 11.0. The third-order valence-electron chi connectivity index (χ3n) is 4.71. The lowest BCUT2D eigenvalue weighted by atomic mass is 10.1. The van der Waals surface area contributed by atoms with Gasteiger partial charge in [0.05, 0.1) is 12.1 Å². The summed E-state index contributed by atoms with van der Waals surface area (Å²) in [6, 6.07) is -0.0199. The number of piperazine rings is 1. The molecule has 3 rings (SSSR count). The van der Waals surface area contributed by atoms with Crippen molar-refractivity contribution < 1.29 is 4.79 Å². The highest BCUT2D eigenvalue weighted by molar-refractivity contribution is 5.85. The number of hydrogen-bond acceptors (Lipinski definition) is 4. The lowest BCUT2D eigenvalue weighted by Gasteiger charge is -2.36. The number of hydrogen-bond donors (Lipinski definition) is 1. The molecule has 9 heteroatoms. The third kappa shape index (κ3) is 4.16. The molecule has 25 heavy (non-hydrogen) atoms. The first kappa shape index (κ1) is 21.5. The molecule has 1 aliphatic heterocycles. The van der Waals surface area contributed by atoms with E-state index in [-0.39, 0.29) is 36.8 Å². The summed E-state index contributed by atoms with van der Waals surface area (Å²) in [6.07, 6.45) is 4.09. The molecule has 1 saturated heterocycles. The van der Waals surface area contributed by atoms with Crippen LogP contribution in [-0.2, 0) is 25.3 Å². The van der Waals surface area contributed by atoms with Crippen molar-refractivity contribution in [2.45, 2.75) is 26.3 Å². The summed E-state index contributed by atoms with van der Waals surface area (Å²) in [6.45, 7) is 6.23. The molecule has 1 aliphatic rings. The summed E-state index contributed by atoms with van der Waals surface area (Å²) in [5.41, 5.74) is 3.02. The third-order valence-corrected chi connectivity index (χ3v) is 4.71. The van der Waals surface area contributed by atoms with Gasteiger partial charge in [0.25, 0.3) is 0 Å². The van der Waals surface area contributed by atoms with E-state index in [4.69, 9.17) is 0 Å². The van der Waals surface area contributed by atoms with E-state index in [2.05, 4.69) is 15.4 Å². The molecule has 3 heterocycles. The highest BCUT2D eigenvalue weighted by atomic mass is 35.5. The zero-order chi connectivity index (χ0) is 16.6. The predicted octanol–water partition coefficient (Wildman–Crippen LogP) is 1.33. The van der Waals surface area contributed by atoms with Crippen molar-refractivity contribution in [3.8, 4) is 0 Å². The lowest BCUT2D eigenvalue weighted by molar-refractivity contribution is -0.134. The molecular weight excluding hydrogens is 363 g/mol. The molecule has 0 bridgehead atoms. The fourth-order valence-corrected chi connectivity index (χ4v) is 3.26. The molecule has 0 aliphatic carbocycles. The summed E-state index contributed by atoms with van der Waals surface area (Å²) in [5, 5.41) is 7.77. The second-order valence-electron chi connectivity index (χ2n) is 6.15. The molecule has 0 aromatic carbocycles. The van der Waals surface area contributed by atoms with Crippen LogP contribution in [0.4, 0.5) is 0 Å². The minimum absolute atomic E-state index is 0. The molecule has 2 aromatic rings. The first-order valence-electron chi connectivity index (χ1n) is 7.95. The maximum Gasteiger partial charge on any atom is 0.227 e. The Morgan fingerprint density at radius 2 is 2.04 bits per heavy atom. The molecule has 1 fully saturated rings. The van der Waals surface area contributed by atoms with E-state index in [1.807, 2.05) is 48.3 Å². The smallest absolute Gasteiger partial charge is 0.227 e. The molecule has 1 atom stereocenters. The standard InChI is InChI=1S/C16H24N6O.2ClH/c1-11-13(12(2)21(4)19-11)9-15(23)22-8-5-17-10-14(22)16-18-6-7-20(16)3;;/h6-7,14,17H,5,8-10H2,1-4H3;2*1H. The van der Waals surface area contributed by atoms with Gasteiger partial charge in [-0.2, -0.15) is 5.10 Å². The van der Waals surface area contributed by atoms with Crippen LogP contribution in [0, 0.1) is 13.8 Å². The Bertz CT molecular complexity index is 726. The van der Waals surface area contributed by atoms with E-state index < -0.39 is 0 Å². The Labute approximate surface area is 160 Å². The Balaban J connectivity index is 0.00000156. The number of carbonyl (C=O) groups excluding carboxylic acids is 1. The van der Waals surface area contributed by atoms with E-state index in [0.29, 0.717) is 13.0 Å². The molecule has 0 radical (unpaired) electrons. The van der Waals surface area contributed by atoms with Crippen LogP contribution >= 0.6 is 24.8 Å². The van der Waals surface area contributed by atoms with Crippen molar-refractivity contribution in [1.82, 2.24) is 29.5 Å². The van der Waals surface area contributed by atoms with Crippen molar-refractivity contribution in [1.29, 1.82) is 0 Å². The van der Waals surface area contributed by atoms with Gasteiger partial charge in [-0.25, -0.2) is 4.98 Å². The van der Waals surface area contributed by atoms with Gasteiger partial charge in [-0.1, -0.05) is 0 Å². The lowest BCUT2D eigenvalue weighted by Crippen LogP contribution is -2.50. The zero-order valence-electron chi connectivity index (χ0n) is 15.0. The second kappa shape index (κ2) is 8.69. The summed E-state index contributed by atoms with van der Waals surface area (Å²) < 4.78 is 3.82. The van der Waals surface area contributed by atoms with Crippen LogP contribution in [0.2, 0.25) is 0 Å². The highest BCUT2D eigenvalue weighted by Crippen LogP contribution is 2.22. The topological polar surface area (TPSA) is 68.0 Å². The molecule has 1 amide bonds. The molecule has 0 spiro atoms. The van der Waals surface area contributed by atoms with Crippen LogP contribution in [0.3, 0.4) is 0 Å². The second-order valence-corrected chi connectivity index (χ2v) is 6.15. The van der Waals surface area contributed by atoms with Crippen LogP contribution in [0.5, 0.6) is 0 Å². The van der Waals surface area contributed by atoms with Gasteiger partial charge in [0, 0.05) is 57.4 Å². The molecule has 1 N–H and O–H groups in total. The normalized spacial score (nSPS) is 17.0. The molecule has 140 valence electrons. The van der Waals surface area contributed by atoms with Crippen LogP contribution < -0.4 is 5.32 Å². The SMILES string of the molecule is Cc1nn(C)c(C)c1CC(=O)N1CCNCC1c1nccn1C.Cl.Cl. The largest absolute Gasteiger partial charge is 0.336 e. The molecule has 1 unspecified atom stereocenters. The maximum absolute atomic E-state index is 12.9. The van der Waals surface area contributed by atoms with Crippen LogP contribution in [0.1, 0.15) is 28.8 Å². The number of imidazole rings is 1. The number of amides is 1. The number of nitrogens with zero attached hydrogens (tertiary/aromatic N) is 5. The van der Waals surface area contributed by atoms with Gasteiger partial charge in [0.2, 0.25) is 5.91 Å². The van der Waals surface area contributed by atoms with Gasteiger partial charge in [0.15, 0.2) is 0 Å². The molecule has 7 nitrogen and oxygen atoms in total.